The molecule has 1 amide bonds. The topological polar surface area (TPSA) is 70.9 Å². The molecule has 0 aliphatic heterocycles. The van der Waals surface area contributed by atoms with Crippen LogP contribution in [-0.4, -0.2) is 23.5 Å². The maximum absolute atomic E-state index is 11.7. The van der Waals surface area contributed by atoms with Gasteiger partial charge in [0.25, 0.3) is 0 Å². The molecule has 1 aromatic heterocycles. The quantitative estimate of drug-likeness (QED) is 0.755. The minimum Gasteiger partial charge on any atom is -0.361 e. The van der Waals surface area contributed by atoms with Crippen LogP contribution in [0.5, 0.6) is 0 Å². The lowest BCUT2D eigenvalue weighted by atomic mass is 10.1. The fourth-order valence-corrected chi connectivity index (χ4v) is 2.46. The van der Waals surface area contributed by atoms with Gasteiger partial charge in [0, 0.05) is 23.6 Å². The van der Waals surface area contributed by atoms with Crippen LogP contribution in [0.4, 0.5) is 0 Å². The first-order chi connectivity index (χ1) is 9.63. The Bertz CT molecular complexity index is 588. The Morgan fingerprint density at radius 1 is 1.45 bits per heavy atom. The first-order valence-electron chi connectivity index (χ1n) is 7.22. The summed E-state index contributed by atoms with van der Waals surface area (Å²) in [6.45, 7) is 4.74. The van der Waals surface area contributed by atoms with Gasteiger partial charge in [0.05, 0.1) is 6.04 Å². The van der Waals surface area contributed by atoms with Crippen molar-refractivity contribution in [3.8, 4) is 0 Å². The van der Waals surface area contributed by atoms with E-state index in [9.17, 15) is 4.79 Å². The van der Waals surface area contributed by atoms with E-state index in [2.05, 4.69) is 35.4 Å². The molecule has 0 spiro atoms. The number of aromatic amines is 1. The summed E-state index contributed by atoms with van der Waals surface area (Å²) < 4.78 is 0. The van der Waals surface area contributed by atoms with Gasteiger partial charge >= 0.3 is 0 Å². The van der Waals surface area contributed by atoms with Crippen molar-refractivity contribution in [1.82, 2.24) is 10.3 Å². The van der Waals surface area contributed by atoms with E-state index in [1.165, 1.54) is 22.0 Å². The highest BCUT2D eigenvalue weighted by Gasteiger charge is 2.11. The van der Waals surface area contributed by atoms with Crippen molar-refractivity contribution >= 4 is 16.8 Å². The number of carbonyl (C=O) groups excluding carboxylic acids is 1. The largest absolute Gasteiger partial charge is 0.361 e. The molecule has 1 unspecified atom stereocenters. The fourth-order valence-electron chi connectivity index (χ4n) is 2.46. The minimum atomic E-state index is -0.384. The van der Waals surface area contributed by atoms with Gasteiger partial charge in [-0.2, -0.15) is 0 Å². The lowest BCUT2D eigenvalue weighted by Crippen LogP contribution is -2.41. The molecule has 2 aromatic rings. The number of aryl methyl sites for hydroxylation is 1. The average molecular weight is 273 g/mol. The number of carbonyl (C=O) groups is 1. The molecule has 4 N–H and O–H groups in total. The number of hydrogen-bond acceptors (Lipinski definition) is 2. The summed E-state index contributed by atoms with van der Waals surface area (Å²) in [6.07, 6.45) is 4.50. The van der Waals surface area contributed by atoms with Gasteiger partial charge < -0.3 is 16.0 Å². The molecule has 4 nitrogen and oxygen atoms in total. The smallest absolute Gasteiger partial charge is 0.236 e. The molecule has 0 aliphatic rings. The molecule has 1 aromatic carbocycles. The second-order valence-corrected chi connectivity index (χ2v) is 5.25. The maximum atomic E-state index is 11.7. The van der Waals surface area contributed by atoms with Gasteiger partial charge in [-0.25, -0.2) is 0 Å². The first-order valence-corrected chi connectivity index (χ1v) is 7.22. The van der Waals surface area contributed by atoms with Crippen LogP contribution in [0.3, 0.4) is 0 Å². The molecule has 0 bridgehead atoms. The van der Waals surface area contributed by atoms with Crippen LogP contribution in [0.15, 0.2) is 24.4 Å². The number of amides is 1. The van der Waals surface area contributed by atoms with E-state index < -0.39 is 0 Å². The summed E-state index contributed by atoms with van der Waals surface area (Å²) in [7, 11) is 0. The van der Waals surface area contributed by atoms with Gasteiger partial charge in [-0.15, -0.1) is 0 Å². The average Bonchev–Trinajstić information content (AvgIpc) is 2.84. The van der Waals surface area contributed by atoms with Crippen LogP contribution in [0, 0.1) is 6.92 Å². The lowest BCUT2D eigenvalue weighted by Gasteiger charge is -2.10. The van der Waals surface area contributed by atoms with Crippen molar-refractivity contribution in [2.24, 2.45) is 5.73 Å². The SMILES string of the molecule is CCCC(N)C(=O)NCCc1c[nH]c2c(C)cccc12. The highest BCUT2D eigenvalue weighted by molar-refractivity contribution is 5.86. The number of nitrogens with two attached hydrogens (primary N) is 1. The van der Waals surface area contributed by atoms with Crippen molar-refractivity contribution in [1.29, 1.82) is 0 Å². The van der Waals surface area contributed by atoms with Crippen molar-refractivity contribution in [2.75, 3.05) is 6.54 Å². The van der Waals surface area contributed by atoms with Crippen molar-refractivity contribution in [3.63, 3.8) is 0 Å². The zero-order valence-electron chi connectivity index (χ0n) is 12.2. The third-order valence-electron chi connectivity index (χ3n) is 3.64. The Morgan fingerprint density at radius 3 is 3.00 bits per heavy atom. The Balaban J connectivity index is 1.93. The molecule has 2 rings (SSSR count). The van der Waals surface area contributed by atoms with E-state index in [0.717, 1.165) is 19.3 Å². The first kappa shape index (κ1) is 14.6. The van der Waals surface area contributed by atoms with Crippen molar-refractivity contribution in [2.45, 2.75) is 39.2 Å². The number of H-pyrrole nitrogens is 1. The third kappa shape index (κ3) is 3.20. The molecule has 0 aliphatic carbocycles. The Kier molecular flexibility index (Phi) is 4.79. The van der Waals surface area contributed by atoms with Crippen molar-refractivity contribution in [3.05, 3.63) is 35.5 Å². The van der Waals surface area contributed by atoms with Crippen LogP contribution >= 0.6 is 0 Å². The number of hydrogen-bond donors (Lipinski definition) is 3. The number of para-hydroxylation sites is 1. The summed E-state index contributed by atoms with van der Waals surface area (Å²) in [5, 5.41) is 4.14. The minimum absolute atomic E-state index is 0.0529. The number of fused-ring (bicyclic) bond motifs is 1. The number of benzene rings is 1. The summed E-state index contributed by atoms with van der Waals surface area (Å²) >= 11 is 0. The zero-order valence-corrected chi connectivity index (χ0v) is 12.2. The highest BCUT2D eigenvalue weighted by Crippen LogP contribution is 2.21. The Labute approximate surface area is 119 Å². The number of rotatable bonds is 6. The van der Waals surface area contributed by atoms with Crippen LogP contribution < -0.4 is 11.1 Å². The van der Waals surface area contributed by atoms with Gasteiger partial charge in [0.1, 0.15) is 0 Å². The van der Waals surface area contributed by atoms with Crippen LogP contribution in [0.25, 0.3) is 10.9 Å². The Morgan fingerprint density at radius 2 is 2.25 bits per heavy atom. The molecule has 108 valence electrons. The van der Waals surface area contributed by atoms with E-state index in [1.54, 1.807) is 0 Å². The van der Waals surface area contributed by atoms with E-state index in [1.807, 2.05) is 13.1 Å². The second kappa shape index (κ2) is 6.57. The highest BCUT2D eigenvalue weighted by atomic mass is 16.2. The molecule has 0 fully saturated rings. The van der Waals surface area contributed by atoms with Crippen molar-refractivity contribution < 1.29 is 4.79 Å². The molecule has 0 saturated carbocycles. The predicted octanol–water partition coefficient (Wildman–Crippen LogP) is 2.26. The normalized spacial score (nSPS) is 12.6. The molecule has 0 saturated heterocycles. The van der Waals surface area contributed by atoms with E-state index in [0.29, 0.717) is 6.54 Å². The molecule has 1 atom stereocenters. The standard InChI is InChI=1S/C16H23N3O/c1-3-5-14(17)16(20)18-9-8-12-10-19-15-11(2)6-4-7-13(12)15/h4,6-7,10,14,19H,3,5,8-9,17H2,1-2H3,(H,18,20). The van der Waals surface area contributed by atoms with Crippen LogP contribution in [0.1, 0.15) is 30.9 Å². The lowest BCUT2D eigenvalue weighted by molar-refractivity contribution is -0.122. The summed E-state index contributed by atoms with van der Waals surface area (Å²) in [4.78, 5) is 15.0. The molecule has 4 heteroatoms. The Hall–Kier alpha value is -1.81. The molecule has 0 radical (unpaired) electrons. The van der Waals surface area contributed by atoms with Gasteiger partial charge in [0.2, 0.25) is 5.91 Å². The molecule has 1 heterocycles. The zero-order chi connectivity index (χ0) is 14.5. The summed E-state index contributed by atoms with van der Waals surface area (Å²) in [5.41, 5.74) is 9.43. The fraction of sp³-hybridized carbons (Fsp3) is 0.438. The second-order valence-electron chi connectivity index (χ2n) is 5.25. The third-order valence-corrected chi connectivity index (χ3v) is 3.64. The number of aromatic nitrogens is 1. The summed E-state index contributed by atoms with van der Waals surface area (Å²) in [6, 6.07) is 5.88. The van der Waals surface area contributed by atoms with Gasteiger partial charge in [-0.3, -0.25) is 4.79 Å². The monoisotopic (exact) mass is 273 g/mol. The predicted molar refractivity (Wildman–Crippen MR) is 82.6 cm³/mol. The number of nitrogens with one attached hydrogen (secondary N) is 2. The van der Waals surface area contributed by atoms with Gasteiger partial charge in [-0.05, 0) is 30.9 Å². The molecular weight excluding hydrogens is 250 g/mol. The van der Waals surface area contributed by atoms with Crippen LogP contribution in [-0.2, 0) is 11.2 Å². The van der Waals surface area contributed by atoms with E-state index >= 15 is 0 Å². The van der Waals surface area contributed by atoms with E-state index in [-0.39, 0.29) is 11.9 Å². The van der Waals surface area contributed by atoms with E-state index in [4.69, 9.17) is 5.73 Å². The van der Waals surface area contributed by atoms with Gasteiger partial charge in [-0.1, -0.05) is 31.5 Å². The molecular formula is C16H23N3O. The maximum Gasteiger partial charge on any atom is 0.236 e. The van der Waals surface area contributed by atoms with Gasteiger partial charge in [0.15, 0.2) is 0 Å². The van der Waals surface area contributed by atoms with Crippen LogP contribution in [0.2, 0.25) is 0 Å². The molecule has 20 heavy (non-hydrogen) atoms. The summed E-state index contributed by atoms with van der Waals surface area (Å²) in [5.74, 6) is -0.0529.